The van der Waals surface area contributed by atoms with E-state index in [-0.39, 0.29) is 11.5 Å². The molecule has 0 radical (unpaired) electrons. The lowest BCUT2D eigenvalue weighted by molar-refractivity contribution is -0.111. The van der Waals surface area contributed by atoms with Crippen LogP contribution in [0.1, 0.15) is 9.14 Å². The molecule has 1 aliphatic rings. The van der Waals surface area contributed by atoms with Crippen LogP contribution in [0.15, 0.2) is 0 Å². The first-order valence-electron chi connectivity index (χ1n) is 3.84. The van der Waals surface area contributed by atoms with E-state index in [0.29, 0.717) is 0 Å². The lowest BCUT2D eigenvalue weighted by atomic mass is 10.3. The Morgan fingerprint density at radius 3 is 3.57 bits per heavy atom. The summed E-state index contributed by atoms with van der Waals surface area (Å²) in [7, 11) is 0. The molecule has 3 heteroatoms. The topological polar surface area (TPSA) is 43.1 Å². The van der Waals surface area contributed by atoms with Crippen molar-refractivity contribution in [2.45, 2.75) is 12.4 Å². The number of thioether (sulfide) groups is 1. The summed E-state index contributed by atoms with van der Waals surface area (Å²) in [6, 6.07) is -1.98. The number of hydrogen-bond acceptors (Lipinski definition) is 3. The van der Waals surface area contributed by atoms with Crippen molar-refractivity contribution in [1.29, 1.82) is 0 Å². The van der Waals surface area contributed by atoms with Crippen molar-refractivity contribution in [3.05, 3.63) is 0 Å². The molecule has 0 aromatic rings. The molecule has 2 unspecified atom stereocenters. The van der Waals surface area contributed by atoms with Gasteiger partial charge in [-0.3, -0.25) is 4.79 Å². The van der Waals surface area contributed by atoms with Crippen molar-refractivity contribution >= 4 is 16.9 Å². The molecule has 0 aliphatic carbocycles. The fourth-order valence-electron chi connectivity index (χ4n) is 0.354. The van der Waals surface area contributed by atoms with Crippen LogP contribution in [0.5, 0.6) is 0 Å². The maximum absolute atomic E-state index is 10.9. The first-order chi connectivity index (χ1) is 4.99. The predicted octanol–water partition coefficient (Wildman–Crippen LogP) is -0.0228. The Kier molecular flexibility index (Phi) is 0.544. The Hall–Kier alpha value is -0.0200. The van der Waals surface area contributed by atoms with Crippen molar-refractivity contribution < 1.29 is 10.4 Å². The molecule has 0 spiro atoms. The largest absolute Gasteiger partial charge is 0.321 e. The summed E-state index contributed by atoms with van der Waals surface area (Å²) in [5, 5.41) is -0.581. The van der Waals surface area contributed by atoms with E-state index in [2.05, 4.69) is 0 Å². The quantitative estimate of drug-likeness (QED) is 0.530. The molecular weight excluding hydrogens is 110 g/mol. The molecule has 7 heavy (non-hydrogen) atoms. The van der Waals surface area contributed by atoms with E-state index in [1.165, 1.54) is 0 Å². The van der Waals surface area contributed by atoms with E-state index in [4.69, 9.17) is 5.57 Å². The van der Waals surface area contributed by atoms with Crippen molar-refractivity contribution in [2.24, 2.45) is 5.72 Å². The molecule has 0 bridgehead atoms. The van der Waals surface area contributed by atoms with Gasteiger partial charge in [0.15, 0.2) is 0 Å². The van der Waals surface area contributed by atoms with Gasteiger partial charge in [-0.2, -0.15) is 0 Å². The van der Waals surface area contributed by atoms with Gasteiger partial charge in [0.1, 0.15) is 2.82 Å². The first-order valence-corrected chi connectivity index (χ1v) is 2.85. The van der Waals surface area contributed by atoms with Gasteiger partial charge in [-0.1, -0.05) is 11.8 Å². The van der Waals surface area contributed by atoms with Crippen LogP contribution >= 0.6 is 11.8 Å². The summed E-state index contributed by atoms with van der Waals surface area (Å²) < 4.78 is 28.2. The summed E-state index contributed by atoms with van der Waals surface area (Å²) in [5.41, 5.74) is 0.00694. The summed E-state index contributed by atoms with van der Waals surface area (Å²) in [5.74, 6) is 0.205. The normalized spacial score (nSPS) is 61.3. The molecule has 0 aromatic heterocycles. The number of hydrogen-bond donors (Lipinski definition) is 1. The van der Waals surface area contributed by atoms with Gasteiger partial charge in [-0.05, 0) is 6.40 Å². The second kappa shape index (κ2) is 1.84. The van der Waals surface area contributed by atoms with E-state index in [9.17, 15) is 4.79 Å². The SMILES string of the molecule is [2H]C1CSC(=O)C1([2H])N([2H])[2H]. The molecule has 1 heterocycles. The Morgan fingerprint density at radius 1 is 2.43 bits per heavy atom. The minimum absolute atomic E-state index is 0.00694. The third kappa shape index (κ3) is 0.951. The molecule has 1 aliphatic heterocycles. The summed E-state index contributed by atoms with van der Waals surface area (Å²) in [6.07, 6.45) is -0.991. The molecule has 2 atom stereocenters. The molecule has 2 N–H and O–H groups in total. The highest BCUT2D eigenvalue weighted by Gasteiger charge is 2.19. The smallest absolute Gasteiger partial charge is 0.205 e. The lowest BCUT2D eigenvalue weighted by Gasteiger charge is -1.90. The Balaban J connectivity index is 2.89. The fraction of sp³-hybridized carbons (Fsp3) is 0.750. The van der Waals surface area contributed by atoms with Crippen molar-refractivity contribution in [1.82, 2.24) is 0 Å². The van der Waals surface area contributed by atoms with Gasteiger partial charge in [0.25, 0.3) is 0 Å². The van der Waals surface area contributed by atoms with Crippen LogP contribution in [0.2, 0.25) is 2.82 Å². The van der Waals surface area contributed by atoms with E-state index in [0.717, 1.165) is 11.8 Å². The molecule has 1 saturated heterocycles. The summed E-state index contributed by atoms with van der Waals surface area (Å²) in [6.45, 7) is 0. The highest BCUT2D eigenvalue weighted by molar-refractivity contribution is 8.14. The van der Waals surface area contributed by atoms with Crippen molar-refractivity contribution in [2.75, 3.05) is 5.75 Å². The number of rotatable bonds is 1. The van der Waals surface area contributed by atoms with Gasteiger partial charge in [0, 0.05) is 7.12 Å². The number of carbonyl (C=O) groups excluding carboxylic acids is 1. The highest BCUT2D eigenvalue weighted by Crippen LogP contribution is 2.16. The van der Waals surface area contributed by atoms with Gasteiger partial charge in [0.05, 0.1) is 7.39 Å². The Labute approximate surface area is 52.2 Å². The van der Waals surface area contributed by atoms with Gasteiger partial charge in [-0.25, -0.2) is 0 Å². The average Bonchev–Trinajstić information content (AvgIpc) is 2.18. The fourth-order valence-corrected chi connectivity index (χ4v) is 0.977. The van der Waals surface area contributed by atoms with E-state index < -0.39 is 17.5 Å². The van der Waals surface area contributed by atoms with E-state index in [1.54, 1.807) is 0 Å². The molecule has 1 rings (SSSR count). The number of nitrogens with two attached hydrogens (primary N) is 1. The van der Waals surface area contributed by atoms with Gasteiger partial charge in [-0.15, -0.1) is 0 Å². The zero-order valence-electron chi connectivity index (χ0n) is 7.55. The molecule has 0 aromatic carbocycles. The molecule has 1 fully saturated rings. The van der Waals surface area contributed by atoms with Crippen LogP contribution in [0.4, 0.5) is 0 Å². The molecule has 40 valence electrons. The van der Waals surface area contributed by atoms with Crippen LogP contribution in [0.25, 0.3) is 0 Å². The van der Waals surface area contributed by atoms with Gasteiger partial charge < -0.3 is 5.72 Å². The van der Waals surface area contributed by atoms with Gasteiger partial charge in [0.2, 0.25) is 5.12 Å². The minimum Gasteiger partial charge on any atom is -0.321 e. The summed E-state index contributed by atoms with van der Waals surface area (Å²) in [4.78, 5) is 10.9. The standard InChI is InChI=1S/C4H7NOS/c5-3-1-2-7-4(3)6/h3H,1-2,5H2/i1D,3D/hD2. The Bertz CT molecular complexity index is 189. The van der Waals surface area contributed by atoms with E-state index in [1.807, 2.05) is 0 Å². The molecule has 2 nitrogen and oxygen atoms in total. The van der Waals surface area contributed by atoms with Crippen LogP contribution in [-0.2, 0) is 4.79 Å². The van der Waals surface area contributed by atoms with Crippen LogP contribution in [-0.4, -0.2) is 16.9 Å². The monoisotopic (exact) mass is 121 g/mol. The second-order valence-electron chi connectivity index (χ2n) is 1.19. The van der Waals surface area contributed by atoms with Gasteiger partial charge >= 0.3 is 0 Å². The summed E-state index contributed by atoms with van der Waals surface area (Å²) >= 11 is 0.845. The zero-order valence-corrected chi connectivity index (χ0v) is 4.36. The zero-order chi connectivity index (χ0) is 8.65. The lowest BCUT2D eigenvalue weighted by Crippen LogP contribution is -2.22. The van der Waals surface area contributed by atoms with Crippen molar-refractivity contribution in [3.63, 3.8) is 0 Å². The first kappa shape index (κ1) is 2.07. The Morgan fingerprint density at radius 2 is 3.29 bits per heavy atom. The predicted molar refractivity (Wildman–Crippen MR) is 30.1 cm³/mol. The maximum atomic E-state index is 10.9. The maximum Gasteiger partial charge on any atom is 0.205 e. The highest BCUT2D eigenvalue weighted by atomic mass is 32.2. The second-order valence-corrected chi connectivity index (χ2v) is 2.18. The average molecular weight is 121 g/mol. The van der Waals surface area contributed by atoms with Crippen LogP contribution in [0, 0.1) is 0 Å². The number of carbonyl (C=O) groups is 1. The third-order valence-corrected chi connectivity index (χ3v) is 1.50. The van der Waals surface area contributed by atoms with Crippen LogP contribution in [0.3, 0.4) is 0 Å². The van der Waals surface area contributed by atoms with Crippen LogP contribution < -0.4 is 5.72 Å². The van der Waals surface area contributed by atoms with E-state index >= 15 is 0 Å². The molecule has 0 amide bonds. The third-order valence-electron chi connectivity index (χ3n) is 0.700. The molecule has 0 saturated carbocycles. The minimum atomic E-state index is -1.98. The van der Waals surface area contributed by atoms with Crippen molar-refractivity contribution in [3.8, 4) is 0 Å². The molecular formula is C4H7NOS.